The van der Waals surface area contributed by atoms with E-state index in [9.17, 15) is 9.90 Å². The Labute approximate surface area is 115 Å². The van der Waals surface area contributed by atoms with Gasteiger partial charge >= 0.3 is 5.97 Å². The van der Waals surface area contributed by atoms with Crippen LogP contribution >= 0.6 is 0 Å². The average molecular weight is 270 g/mol. The zero-order valence-electron chi connectivity index (χ0n) is 11.8. The maximum absolute atomic E-state index is 11.3. The maximum Gasteiger partial charge on any atom is 0.323 e. The van der Waals surface area contributed by atoms with Crippen LogP contribution in [0.5, 0.6) is 0 Å². The molecule has 5 nitrogen and oxygen atoms in total. The van der Waals surface area contributed by atoms with Gasteiger partial charge in [-0.2, -0.15) is 0 Å². The largest absolute Gasteiger partial charge is 0.480 e. The quantitative estimate of drug-likeness (QED) is 0.755. The van der Waals surface area contributed by atoms with Crippen molar-refractivity contribution in [1.82, 2.24) is 4.90 Å². The van der Waals surface area contributed by atoms with Gasteiger partial charge in [0.2, 0.25) is 0 Å². The number of carbonyl (C=O) groups is 1. The Bertz CT molecular complexity index is 318. The second kappa shape index (κ2) is 6.20. The van der Waals surface area contributed by atoms with Gasteiger partial charge in [-0.25, -0.2) is 0 Å². The molecule has 1 aliphatic carbocycles. The normalized spacial score (nSPS) is 35.1. The Morgan fingerprint density at radius 1 is 1.47 bits per heavy atom. The number of nitrogens with zero attached hydrogens (tertiary/aromatic N) is 1. The second-order valence-electron chi connectivity index (χ2n) is 6.12. The zero-order valence-corrected chi connectivity index (χ0v) is 11.8. The van der Waals surface area contributed by atoms with Crippen LogP contribution < -0.4 is 5.73 Å². The van der Waals surface area contributed by atoms with Crippen LogP contribution in [0.25, 0.3) is 0 Å². The van der Waals surface area contributed by atoms with E-state index in [4.69, 9.17) is 10.5 Å². The van der Waals surface area contributed by atoms with E-state index >= 15 is 0 Å². The third-order valence-electron chi connectivity index (χ3n) is 4.67. The van der Waals surface area contributed by atoms with Crippen molar-refractivity contribution in [3.8, 4) is 0 Å². The molecular formula is C14H26N2O3. The Hall–Kier alpha value is -0.650. The minimum Gasteiger partial charge on any atom is -0.480 e. The van der Waals surface area contributed by atoms with Crippen molar-refractivity contribution in [3.05, 3.63) is 0 Å². The minimum atomic E-state index is -0.995. The smallest absolute Gasteiger partial charge is 0.323 e. The first-order valence-corrected chi connectivity index (χ1v) is 7.35. The highest BCUT2D eigenvalue weighted by molar-refractivity contribution is 5.79. The molecule has 2 aliphatic rings. The molecule has 2 fully saturated rings. The van der Waals surface area contributed by atoms with E-state index in [0.29, 0.717) is 12.5 Å². The average Bonchev–Trinajstić information content (AvgIpc) is 2.97. The monoisotopic (exact) mass is 270 g/mol. The highest BCUT2D eigenvalue weighted by atomic mass is 16.5. The highest BCUT2D eigenvalue weighted by Crippen LogP contribution is 2.36. The van der Waals surface area contributed by atoms with Gasteiger partial charge in [0.05, 0.1) is 6.10 Å². The molecule has 2 rings (SSSR count). The summed E-state index contributed by atoms with van der Waals surface area (Å²) >= 11 is 0. The van der Waals surface area contributed by atoms with Crippen LogP contribution in [0.15, 0.2) is 0 Å². The number of carboxylic acid groups (broad SMARTS) is 1. The van der Waals surface area contributed by atoms with Crippen molar-refractivity contribution in [1.29, 1.82) is 0 Å². The summed E-state index contributed by atoms with van der Waals surface area (Å²) in [4.78, 5) is 13.5. The molecule has 0 aromatic heterocycles. The number of rotatable bonds is 6. The molecule has 0 bridgehead atoms. The molecular weight excluding hydrogens is 244 g/mol. The van der Waals surface area contributed by atoms with Crippen molar-refractivity contribution in [3.63, 3.8) is 0 Å². The molecule has 3 N–H and O–H groups in total. The lowest BCUT2D eigenvalue weighted by Crippen LogP contribution is -2.51. The molecule has 0 amide bonds. The van der Waals surface area contributed by atoms with Crippen LogP contribution in [0, 0.1) is 5.92 Å². The van der Waals surface area contributed by atoms with Gasteiger partial charge < -0.3 is 20.5 Å². The molecule has 0 radical (unpaired) electrons. The molecule has 1 aliphatic heterocycles. The summed E-state index contributed by atoms with van der Waals surface area (Å²) in [7, 11) is 2.08. The number of aliphatic carboxylic acids is 1. The lowest BCUT2D eigenvalue weighted by atomic mass is 9.85. The zero-order chi connectivity index (χ0) is 13.9. The Morgan fingerprint density at radius 3 is 2.89 bits per heavy atom. The standard InChI is InChI=1S/C14H26N2O3/c1-16(10-12-5-3-9-19-12)8-6-11-4-2-7-14(11,15)13(17)18/h11-12H,2-10,15H2,1H3,(H,17,18). The summed E-state index contributed by atoms with van der Waals surface area (Å²) < 4.78 is 5.61. The van der Waals surface area contributed by atoms with E-state index in [-0.39, 0.29) is 5.92 Å². The number of carboxylic acids is 1. The van der Waals surface area contributed by atoms with E-state index < -0.39 is 11.5 Å². The summed E-state index contributed by atoms with van der Waals surface area (Å²) in [5.74, 6) is -0.728. The summed E-state index contributed by atoms with van der Waals surface area (Å²) in [6, 6.07) is 0. The molecule has 0 aromatic carbocycles. The van der Waals surface area contributed by atoms with Crippen molar-refractivity contribution in [2.24, 2.45) is 11.7 Å². The topological polar surface area (TPSA) is 75.8 Å². The highest BCUT2D eigenvalue weighted by Gasteiger charge is 2.45. The molecule has 1 heterocycles. The maximum atomic E-state index is 11.3. The van der Waals surface area contributed by atoms with E-state index in [2.05, 4.69) is 11.9 Å². The molecule has 3 atom stereocenters. The van der Waals surface area contributed by atoms with Gasteiger partial charge in [-0.1, -0.05) is 6.42 Å². The van der Waals surface area contributed by atoms with Crippen LogP contribution in [0.2, 0.25) is 0 Å². The molecule has 0 aromatic rings. The fourth-order valence-corrected chi connectivity index (χ4v) is 3.39. The molecule has 5 heteroatoms. The second-order valence-corrected chi connectivity index (χ2v) is 6.12. The van der Waals surface area contributed by atoms with Crippen molar-refractivity contribution in [2.45, 2.75) is 50.2 Å². The van der Waals surface area contributed by atoms with Gasteiger partial charge in [0.15, 0.2) is 0 Å². The molecule has 0 spiro atoms. The number of nitrogens with two attached hydrogens (primary N) is 1. The van der Waals surface area contributed by atoms with E-state index in [1.165, 1.54) is 0 Å². The van der Waals surface area contributed by atoms with E-state index in [1.807, 2.05) is 0 Å². The molecule has 1 saturated heterocycles. The van der Waals surface area contributed by atoms with Gasteiger partial charge in [0.25, 0.3) is 0 Å². The first kappa shape index (κ1) is 14.8. The molecule has 110 valence electrons. The van der Waals surface area contributed by atoms with Crippen LogP contribution in [0.4, 0.5) is 0 Å². The van der Waals surface area contributed by atoms with Crippen LogP contribution in [-0.4, -0.2) is 54.4 Å². The van der Waals surface area contributed by atoms with Crippen molar-refractivity contribution >= 4 is 5.97 Å². The molecule has 1 saturated carbocycles. The van der Waals surface area contributed by atoms with Crippen molar-refractivity contribution < 1.29 is 14.6 Å². The van der Waals surface area contributed by atoms with E-state index in [1.54, 1.807) is 0 Å². The lowest BCUT2D eigenvalue weighted by molar-refractivity contribution is -0.144. The van der Waals surface area contributed by atoms with Crippen molar-refractivity contribution in [2.75, 3.05) is 26.7 Å². The van der Waals surface area contributed by atoms with Gasteiger partial charge in [-0.3, -0.25) is 4.79 Å². The number of hydrogen-bond acceptors (Lipinski definition) is 4. The number of likely N-dealkylation sites (N-methyl/N-ethyl adjacent to an activating group) is 1. The Kier molecular flexibility index (Phi) is 4.81. The van der Waals surface area contributed by atoms with Crippen LogP contribution in [0.1, 0.15) is 38.5 Å². The SMILES string of the molecule is CN(CCC1CCCC1(N)C(=O)O)CC1CCCO1. The Morgan fingerprint density at radius 2 is 2.26 bits per heavy atom. The predicted molar refractivity (Wildman–Crippen MR) is 73.0 cm³/mol. The summed E-state index contributed by atoms with van der Waals surface area (Å²) in [5.41, 5.74) is 5.06. The van der Waals surface area contributed by atoms with Gasteiger partial charge in [0.1, 0.15) is 5.54 Å². The summed E-state index contributed by atoms with van der Waals surface area (Å²) in [6.07, 6.45) is 6.01. The van der Waals surface area contributed by atoms with E-state index in [0.717, 1.165) is 51.8 Å². The number of hydrogen-bond donors (Lipinski definition) is 2. The minimum absolute atomic E-state index is 0.108. The number of ether oxygens (including phenoxy) is 1. The van der Waals surface area contributed by atoms with Gasteiger partial charge in [-0.15, -0.1) is 0 Å². The molecule has 3 unspecified atom stereocenters. The first-order chi connectivity index (χ1) is 9.02. The van der Waals surface area contributed by atoms with Crippen LogP contribution in [0.3, 0.4) is 0 Å². The van der Waals surface area contributed by atoms with Gasteiger partial charge in [-0.05, 0) is 51.6 Å². The lowest BCUT2D eigenvalue weighted by Gasteiger charge is -2.29. The molecule has 19 heavy (non-hydrogen) atoms. The third kappa shape index (κ3) is 3.46. The van der Waals surface area contributed by atoms with Crippen LogP contribution in [-0.2, 0) is 9.53 Å². The fraction of sp³-hybridized carbons (Fsp3) is 0.929. The third-order valence-corrected chi connectivity index (χ3v) is 4.67. The first-order valence-electron chi connectivity index (χ1n) is 7.35. The predicted octanol–water partition coefficient (Wildman–Crippen LogP) is 1.07. The van der Waals surface area contributed by atoms with Gasteiger partial charge in [0, 0.05) is 13.2 Å². The summed E-state index contributed by atoms with van der Waals surface area (Å²) in [5, 5.41) is 9.28. The fourth-order valence-electron chi connectivity index (χ4n) is 3.39. The Balaban J connectivity index is 1.76. The summed E-state index contributed by atoms with van der Waals surface area (Å²) in [6.45, 7) is 2.72.